The van der Waals surface area contributed by atoms with Crippen LogP contribution >= 0.6 is 31.9 Å². The molecule has 0 aromatic heterocycles. The zero-order valence-corrected chi connectivity index (χ0v) is 18.0. The fourth-order valence-corrected chi connectivity index (χ4v) is 4.52. The average Bonchev–Trinajstić information content (AvgIpc) is 2.66. The first-order chi connectivity index (χ1) is 13.1. The number of halogens is 2. The van der Waals surface area contributed by atoms with Gasteiger partial charge in [0.05, 0.1) is 23.9 Å². The van der Waals surface area contributed by atoms with Crippen molar-refractivity contribution in [3.05, 3.63) is 62.0 Å². The predicted octanol–water partition coefficient (Wildman–Crippen LogP) is 4.24. The molecule has 1 aliphatic carbocycles. The first-order valence-corrected chi connectivity index (χ1v) is 10.2. The number of methoxy groups -OCH3 is 1. The smallest absolute Gasteiger partial charge is 0.266 e. The summed E-state index contributed by atoms with van der Waals surface area (Å²) in [6.45, 7) is -0.0104. The molecule has 0 unspecified atom stereocenters. The summed E-state index contributed by atoms with van der Waals surface area (Å²) in [4.78, 5) is 12.0. The van der Waals surface area contributed by atoms with Gasteiger partial charge in [-0.05, 0) is 58.5 Å². The van der Waals surface area contributed by atoms with Crippen LogP contribution in [-0.4, -0.2) is 31.9 Å². The van der Waals surface area contributed by atoms with E-state index in [-0.39, 0.29) is 18.6 Å². The van der Waals surface area contributed by atoms with Crippen LogP contribution in [0.25, 0.3) is 0 Å². The van der Waals surface area contributed by atoms with Gasteiger partial charge in [0.15, 0.2) is 0 Å². The van der Waals surface area contributed by atoms with Gasteiger partial charge in [0.2, 0.25) is 0 Å². The van der Waals surface area contributed by atoms with Gasteiger partial charge >= 0.3 is 0 Å². The number of fused-ring (bicyclic) bond motifs is 1. The molecule has 0 radical (unpaired) electrons. The minimum absolute atomic E-state index is 0.0104. The van der Waals surface area contributed by atoms with E-state index >= 15 is 0 Å². The Morgan fingerprint density at radius 3 is 2.85 bits per heavy atom. The molecule has 0 saturated heterocycles. The number of rotatable bonds is 6. The lowest BCUT2D eigenvalue weighted by Crippen LogP contribution is -2.29. The van der Waals surface area contributed by atoms with E-state index in [0.29, 0.717) is 5.75 Å². The monoisotopic (exact) mass is 494 g/mol. The molecule has 0 heterocycles. The fraction of sp³-hybridized carbons (Fsp3) is 0.300. The standard InChI is InChI=1S/C20H20Br2N2O3/c1-26-20-15(8-16(21)10-18(20)22)11-23-24-19(25)12-27-17-7-6-13-4-2-3-5-14(13)9-17/h2-5,8,10-11,17H,6-7,9,12H2,1H3,(H,24,25)/t17-/m0/s1. The highest BCUT2D eigenvalue weighted by Gasteiger charge is 2.19. The lowest BCUT2D eigenvalue weighted by Gasteiger charge is -2.24. The normalized spacial score (nSPS) is 16.2. The molecule has 1 amide bonds. The third-order valence-electron chi connectivity index (χ3n) is 4.39. The number of carbonyl (C=O) groups is 1. The van der Waals surface area contributed by atoms with Gasteiger partial charge in [-0.25, -0.2) is 5.43 Å². The Morgan fingerprint density at radius 1 is 1.30 bits per heavy atom. The first kappa shape index (κ1) is 20.0. The van der Waals surface area contributed by atoms with E-state index in [1.165, 1.54) is 11.1 Å². The van der Waals surface area contributed by atoms with E-state index in [2.05, 4.69) is 60.6 Å². The van der Waals surface area contributed by atoms with Crippen LogP contribution in [0.4, 0.5) is 0 Å². The van der Waals surface area contributed by atoms with Crippen LogP contribution < -0.4 is 10.2 Å². The van der Waals surface area contributed by atoms with Crippen molar-refractivity contribution in [1.82, 2.24) is 5.43 Å². The Bertz CT molecular complexity index is 855. The molecule has 3 rings (SSSR count). The highest BCUT2D eigenvalue weighted by molar-refractivity contribution is 9.11. The number of ether oxygens (including phenoxy) is 2. The molecule has 1 aliphatic rings. The number of hydrogen-bond donors (Lipinski definition) is 1. The second kappa shape index (κ2) is 9.48. The summed E-state index contributed by atoms with van der Waals surface area (Å²) in [5.74, 6) is 0.367. The van der Waals surface area contributed by atoms with E-state index in [0.717, 1.165) is 33.8 Å². The third kappa shape index (κ3) is 5.40. The molecule has 1 N–H and O–H groups in total. The Balaban J connectivity index is 1.50. The lowest BCUT2D eigenvalue weighted by atomic mass is 9.90. The average molecular weight is 496 g/mol. The third-order valence-corrected chi connectivity index (χ3v) is 5.43. The number of aryl methyl sites for hydroxylation is 1. The van der Waals surface area contributed by atoms with E-state index in [1.807, 2.05) is 18.2 Å². The number of amides is 1. The van der Waals surface area contributed by atoms with E-state index in [9.17, 15) is 4.79 Å². The number of nitrogens with one attached hydrogen (secondary N) is 1. The van der Waals surface area contributed by atoms with Gasteiger partial charge in [-0.15, -0.1) is 0 Å². The summed E-state index contributed by atoms with van der Waals surface area (Å²) in [6, 6.07) is 12.1. The van der Waals surface area contributed by atoms with Gasteiger partial charge in [-0.3, -0.25) is 4.79 Å². The number of benzene rings is 2. The van der Waals surface area contributed by atoms with Crippen molar-refractivity contribution >= 4 is 44.0 Å². The minimum atomic E-state index is -0.280. The Labute approximate surface area is 175 Å². The quantitative estimate of drug-likeness (QED) is 0.481. The van der Waals surface area contributed by atoms with E-state index in [4.69, 9.17) is 9.47 Å². The molecular formula is C20H20Br2N2O3. The molecule has 5 nitrogen and oxygen atoms in total. The molecule has 0 aliphatic heterocycles. The second-order valence-electron chi connectivity index (χ2n) is 6.25. The molecule has 2 aromatic carbocycles. The molecule has 0 spiro atoms. The maximum Gasteiger partial charge on any atom is 0.266 e. The van der Waals surface area contributed by atoms with Gasteiger partial charge in [-0.2, -0.15) is 5.10 Å². The molecule has 2 aromatic rings. The molecule has 142 valence electrons. The van der Waals surface area contributed by atoms with Gasteiger partial charge in [-0.1, -0.05) is 40.2 Å². The highest BCUT2D eigenvalue weighted by atomic mass is 79.9. The zero-order chi connectivity index (χ0) is 19.2. The van der Waals surface area contributed by atoms with Gasteiger partial charge in [0.25, 0.3) is 5.91 Å². The molecule has 27 heavy (non-hydrogen) atoms. The van der Waals surface area contributed by atoms with Crippen LogP contribution in [0.2, 0.25) is 0 Å². The van der Waals surface area contributed by atoms with Crippen molar-refractivity contribution in [3.63, 3.8) is 0 Å². The van der Waals surface area contributed by atoms with Crippen LogP contribution in [0.5, 0.6) is 5.75 Å². The molecule has 0 fully saturated rings. The summed E-state index contributed by atoms with van der Waals surface area (Å²) in [7, 11) is 1.58. The van der Waals surface area contributed by atoms with E-state index < -0.39 is 0 Å². The van der Waals surface area contributed by atoms with Crippen molar-refractivity contribution < 1.29 is 14.3 Å². The number of carbonyl (C=O) groups excluding carboxylic acids is 1. The van der Waals surface area contributed by atoms with Crippen LogP contribution in [0.3, 0.4) is 0 Å². The van der Waals surface area contributed by atoms with Gasteiger partial charge in [0, 0.05) is 10.0 Å². The highest BCUT2D eigenvalue weighted by Crippen LogP contribution is 2.31. The van der Waals surface area contributed by atoms with Crippen LogP contribution in [0.15, 0.2) is 50.4 Å². The predicted molar refractivity (Wildman–Crippen MR) is 112 cm³/mol. The second-order valence-corrected chi connectivity index (χ2v) is 8.02. The largest absolute Gasteiger partial charge is 0.495 e. The molecule has 0 bridgehead atoms. The van der Waals surface area contributed by atoms with Gasteiger partial charge in [0.1, 0.15) is 12.4 Å². The van der Waals surface area contributed by atoms with E-state index in [1.54, 1.807) is 13.3 Å². The SMILES string of the molecule is COc1c(Br)cc(Br)cc1C=NNC(=O)CO[C@H]1CCc2ccccc2C1. The molecular weight excluding hydrogens is 476 g/mol. The summed E-state index contributed by atoms with van der Waals surface area (Å²) >= 11 is 6.86. The molecule has 0 saturated carbocycles. The first-order valence-electron chi connectivity index (χ1n) is 8.60. The summed E-state index contributed by atoms with van der Waals surface area (Å²) in [5, 5.41) is 4.01. The fourth-order valence-electron chi connectivity index (χ4n) is 3.10. The topological polar surface area (TPSA) is 59.9 Å². The summed E-state index contributed by atoms with van der Waals surface area (Å²) in [6.07, 6.45) is 4.37. The van der Waals surface area contributed by atoms with Crippen molar-refractivity contribution in [3.8, 4) is 5.75 Å². The van der Waals surface area contributed by atoms with Crippen LogP contribution in [-0.2, 0) is 22.4 Å². The summed E-state index contributed by atoms with van der Waals surface area (Å²) in [5.41, 5.74) is 5.92. The lowest BCUT2D eigenvalue weighted by molar-refractivity contribution is -0.127. The van der Waals surface area contributed by atoms with Crippen molar-refractivity contribution in [2.45, 2.75) is 25.4 Å². The van der Waals surface area contributed by atoms with Crippen molar-refractivity contribution in [2.75, 3.05) is 13.7 Å². The zero-order valence-electron chi connectivity index (χ0n) is 14.9. The van der Waals surface area contributed by atoms with Crippen LogP contribution in [0, 0.1) is 0 Å². The maximum atomic E-state index is 12.0. The number of hydrazone groups is 1. The van der Waals surface area contributed by atoms with Gasteiger partial charge < -0.3 is 9.47 Å². The molecule has 1 atom stereocenters. The number of nitrogens with zero attached hydrogens (tertiary/aromatic N) is 1. The van der Waals surface area contributed by atoms with Crippen molar-refractivity contribution in [2.24, 2.45) is 5.10 Å². The molecule has 7 heteroatoms. The Morgan fingerprint density at radius 2 is 2.07 bits per heavy atom. The Hall–Kier alpha value is -1.70. The van der Waals surface area contributed by atoms with Crippen molar-refractivity contribution in [1.29, 1.82) is 0 Å². The minimum Gasteiger partial charge on any atom is -0.495 e. The van der Waals surface area contributed by atoms with Crippen LogP contribution in [0.1, 0.15) is 23.1 Å². The number of hydrogen-bond acceptors (Lipinski definition) is 4. The summed E-state index contributed by atoms with van der Waals surface area (Å²) < 4.78 is 12.8. The maximum absolute atomic E-state index is 12.0. The Kier molecular flexibility index (Phi) is 7.04.